The monoisotopic (exact) mass is 280 g/mol. The van der Waals surface area contributed by atoms with Gasteiger partial charge in [-0.25, -0.2) is 0 Å². The highest BCUT2D eigenvalue weighted by atomic mass is 15.1. The van der Waals surface area contributed by atoms with Crippen molar-refractivity contribution in [2.45, 2.75) is 83.6 Å². The molecule has 0 aromatic carbocycles. The highest BCUT2D eigenvalue weighted by molar-refractivity contribution is 4.83. The summed E-state index contributed by atoms with van der Waals surface area (Å²) in [6.07, 6.45) is 15.8. The van der Waals surface area contributed by atoms with E-state index >= 15 is 0 Å². The number of hydrogen-bond acceptors (Lipinski definition) is 2. The van der Waals surface area contributed by atoms with Crippen LogP contribution in [0.4, 0.5) is 0 Å². The molecular weight excluding hydrogens is 244 g/mol. The van der Waals surface area contributed by atoms with Crippen molar-refractivity contribution in [1.82, 2.24) is 10.2 Å². The van der Waals surface area contributed by atoms with Gasteiger partial charge in [-0.2, -0.15) is 0 Å². The van der Waals surface area contributed by atoms with Crippen LogP contribution >= 0.6 is 0 Å². The van der Waals surface area contributed by atoms with Gasteiger partial charge < -0.3 is 10.2 Å². The predicted molar refractivity (Wildman–Crippen MR) is 88.2 cm³/mol. The predicted octanol–water partition coefficient (Wildman–Crippen LogP) is 4.20. The fourth-order valence-corrected chi connectivity index (χ4v) is 3.33. The third-order valence-corrected chi connectivity index (χ3v) is 5.06. The number of likely N-dealkylation sites (tertiary alicyclic amines) is 1. The van der Waals surface area contributed by atoms with Crippen molar-refractivity contribution >= 4 is 0 Å². The van der Waals surface area contributed by atoms with Crippen LogP contribution in [0.25, 0.3) is 0 Å². The number of piperidine rings is 1. The van der Waals surface area contributed by atoms with Crippen LogP contribution in [-0.4, -0.2) is 37.1 Å². The molecule has 118 valence electrons. The lowest BCUT2D eigenvalue weighted by Crippen LogP contribution is -2.38. The van der Waals surface area contributed by atoms with Crippen LogP contribution in [0.2, 0.25) is 0 Å². The maximum atomic E-state index is 3.70. The summed E-state index contributed by atoms with van der Waals surface area (Å²) in [6, 6.07) is 0.890. The average Bonchev–Trinajstić information content (AvgIpc) is 3.30. The van der Waals surface area contributed by atoms with Crippen molar-refractivity contribution in [3.63, 3.8) is 0 Å². The van der Waals surface area contributed by atoms with E-state index in [-0.39, 0.29) is 0 Å². The normalized spacial score (nSPS) is 21.4. The van der Waals surface area contributed by atoms with Crippen LogP contribution in [0, 0.1) is 5.92 Å². The molecule has 1 aliphatic carbocycles. The first-order valence-corrected chi connectivity index (χ1v) is 9.34. The zero-order valence-corrected chi connectivity index (χ0v) is 13.7. The molecule has 0 aromatic rings. The van der Waals surface area contributed by atoms with Crippen LogP contribution in [0.1, 0.15) is 77.6 Å². The van der Waals surface area contributed by atoms with Gasteiger partial charge in [-0.15, -0.1) is 0 Å². The third kappa shape index (κ3) is 7.08. The summed E-state index contributed by atoms with van der Waals surface area (Å²) in [4.78, 5) is 2.71. The minimum Gasteiger partial charge on any atom is -0.314 e. The molecule has 2 rings (SSSR count). The standard InChI is InChI=1S/C18H36N2/c1-2-3-4-5-6-7-8-13-20-14-11-17(12-15-20)16-19-18-9-10-18/h17-19H,2-16H2,1H3. The van der Waals surface area contributed by atoms with Crippen LogP contribution in [0.3, 0.4) is 0 Å². The fraction of sp³-hybridized carbons (Fsp3) is 1.00. The Bertz CT molecular complexity index is 230. The molecule has 1 aliphatic heterocycles. The van der Waals surface area contributed by atoms with Gasteiger partial charge in [0.2, 0.25) is 0 Å². The van der Waals surface area contributed by atoms with Crippen molar-refractivity contribution in [1.29, 1.82) is 0 Å². The van der Waals surface area contributed by atoms with Crippen LogP contribution in [0.5, 0.6) is 0 Å². The van der Waals surface area contributed by atoms with Gasteiger partial charge in [-0.3, -0.25) is 0 Å². The molecule has 0 amide bonds. The number of rotatable bonds is 11. The van der Waals surface area contributed by atoms with E-state index in [1.165, 1.54) is 96.8 Å². The van der Waals surface area contributed by atoms with E-state index < -0.39 is 0 Å². The quantitative estimate of drug-likeness (QED) is 0.571. The Hall–Kier alpha value is -0.0800. The summed E-state index contributed by atoms with van der Waals surface area (Å²) in [5.41, 5.74) is 0. The molecule has 0 unspecified atom stereocenters. The molecule has 2 heteroatoms. The first-order chi connectivity index (χ1) is 9.88. The van der Waals surface area contributed by atoms with Gasteiger partial charge in [-0.05, 0) is 64.2 Å². The molecule has 2 nitrogen and oxygen atoms in total. The third-order valence-electron chi connectivity index (χ3n) is 5.06. The average molecular weight is 281 g/mol. The number of nitrogens with zero attached hydrogens (tertiary/aromatic N) is 1. The summed E-state index contributed by atoms with van der Waals surface area (Å²) in [5, 5.41) is 3.70. The molecular formula is C18H36N2. The molecule has 1 heterocycles. The van der Waals surface area contributed by atoms with Gasteiger partial charge in [0, 0.05) is 6.04 Å². The molecule has 20 heavy (non-hydrogen) atoms. The van der Waals surface area contributed by atoms with E-state index in [0.29, 0.717) is 0 Å². The summed E-state index contributed by atoms with van der Waals surface area (Å²) in [7, 11) is 0. The zero-order valence-electron chi connectivity index (χ0n) is 13.7. The number of nitrogens with one attached hydrogen (secondary N) is 1. The van der Waals surface area contributed by atoms with Gasteiger partial charge in [-0.1, -0.05) is 45.4 Å². The van der Waals surface area contributed by atoms with Crippen molar-refractivity contribution < 1.29 is 0 Å². The molecule has 1 saturated carbocycles. The van der Waals surface area contributed by atoms with Gasteiger partial charge in [0.25, 0.3) is 0 Å². The second-order valence-electron chi connectivity index (χ2n) is 7.09. The number of unbranched alkanes of at least 4 members (excludes halogenated alkanes) is 6. The van der Waals surface area contributed by atoms with Gasteiger partial charge in [0.1, 0.15) is 0 Å². The largest absolute Gasteiger partial charge is 0.314 e. The lowest BCUT2D eigenvalue weighted by Gasteiger charge is -2.32. The van der Waals surface area contributed by atoms with Crippen molar-refractivity contribution in [3.8, 4) is 0 Å². The van der Waals surface area contributed by atoms with Gasteiger partial charge in [0.05, 0.1) is 0 Å². The Morgan fingerprint density at radius 3 is 2.15 bits per heavy atom. The molecule has 0 aromatic heterocycles. The van der Waals surface area contributed by atoms with E-state index in [9.17, 15) is 0 Å². The highest BCUT2D eigenvalue weighted by Gasteiger charge is 2.23. The minimum atomic E-state index is 0.890. The molecule has 0 spiro atoms. The van der Waals surface area contributed by atoms with Gasteiger partial charge >= 0.3 is 0 Å². The minimum absolute atomic E-state index is 0.890. The summed E-state index contributed by atoms with van der Waals surface area (Å²) in [6.45, 7) is 7.65. The van der Waals surface area contributed by atoms with E-state index in [1.54, 1.807) is 0 Å². The molecule has 0 atom stereocenters. The van der Waals surface area contributed by atoms with Crippen LogP contribution in [-0.2, 0) is 0 Å². The summed E-state index contributed by atoms with van der Waals surface area (Å²) >= 11 is 0. The molecule has 2 fully saturated rings. The smallest absolute Gasteiger partial charge is 0.00683 e. The topological polar surface area (TPSA) is 15.3 Å². The fourth-order valence-electron chi connectivity index (χ4n) is 3.33. The lowest BCUT2D eigenvalue weighted by atomic mass is 9.96. The van der Waals surface area contributed by atoms with Crippen LogP contribution < -0.4 is 5.32 Å². The summed E-state index contributed by atoms with van der Waals surface area (Å²) in [5.74, 6) is 0.959. The number of hydrogen-bond donors (Lipinski definition) is 1. The first-order valence-electron chi connectivity index (χ1n) is 9.34. The van der Waals surface area contributed by atoms with E-state index in [1.807, 2.05) is 0 Å². The van der Waals surface area contributed by atoms with E-state index in [4.69, 9.17) is 0 Å². The SMILES string of the molecule is CCCCCCCCCN1CCC(CNC2CC2)CC1. The Labute approximate surface area is 126 Å². The lowest BCUT2D eigenvalue weighted by molar-refractivity contribution is 0.179. The van der Waals surface area contributed by atoms with Crippen molar-refractivity contribution in [3.05, 3.63) is 0 Å². The molecule has 2 aliphatic rings. The van der Waals surface area contributed by atoms with Gasteiger partial charge in [0.15, 0.2) is 0 Å². The van der Waals surface area contributed by atoms with E-state index in [2.05, 4.69) is 17.1 Å². The second kappa shape index (κ2) is 9.78. The molecule has 0 radical (unpaired) electrons. The maximum Gasteiger partial charge on any atom is 0.00683 e. The molecule has 1 saturated heterocycles. The molecule has 0 bridgehead atoms. The first kappa shape index (κ1) is 16.3. The Morgan fingerprint density at radius 1 is 0.850 bits per heavy atom. The Kier molecular flexibility index (Phi) is 7.97. The second-order valence-corrected chi connectivity index (χ2v) is 7.09. The zero-order chi connectivity index (χ0) is 14.0. The van der Waals surface area contributed by atoms with Crippen molar-refractivity contribution in [2.24, 2.45) is 5.92 Å². The Balaban J connectivity index is 1.39. The highest BCUT2D eigenvalue weighted by Crippen LogP contribution is 2.22. The Morgan fingerprint density at radius 2 is 1.50 bits per heavy atom. The maximum absolute atomic E-state index is 3.70. The van der Waals surface area contributed by atoms with Crippen LogP contribution in [0.15, 0.2) is 0 Å². The molecule has 1 N–H and O–H groups in total. The van der Waals surface area contributed by atoms with Crippen molar-refractivity contribution in [2.75, 3.05) is 26.2 Å². The van der Waals surface area contributed by atoms with E-state index in [0.717, 1.165) is 12.0 Å². The summed E-state index contributed by atoms with van der Waals surface area (Å²) < 4.78 is 0.